The van der Waals surface area contributed by atoms with Gasteiger partial charge in [-0.25, -0.2) is 4.39 Å². The minimum atomic E-state index is -3.20. The number of carbonyl (C=O) groups is 1. The number of hydrogen-bond donors (Lipinski definition) is 0. The molecule has 7 heteroatoms. The Morgan fingerprint density at radius 2 is 2.16 bits per heavy atom. The van der Waals surface area contributed by atoms with Gasteiger partial charge in [0.15, 0.2) is 11.6 Å². The number of esters is 1. The summed E-state index contributed by atoms with van der Waals surface area (Å²) < 4.78 is 46.3. The van der Waals surface area contributed by atoms with Crippen LogP contribution in [0.15, 0.2) is 12.1 Å². The van der Waals surface area contributed by atoms with Crippen molar-refractivity contribution in [2.45, 2.75) is 20.0 Å². The van der Waals surface area contributed by atoms with Crippen LogP contribution < -0.4 is 4.74 Å². The van der Waals surface area contributed by atoms with Crippen molar-refractivity contribution in [1.82, 2.24) is 0 Å². The van der Waals surface area contributed by atoms with Crippen LogP contribution in [0.5, 0.6) is 5.75 Å². The van der Waals surface area contributed by atoms with E-state index < -0.39 is 29.7 Å². The van der Waals surface area contributed by atoms with Crippen LogP contribution in [0.3, 0.4) is 0 Å². The molecule has 0 unspecified atom stereocenters. The van der Waals surface area contributed by atoms with Crippen molar-refractivity contribution in [2.75, 3.05) is 6.61 Å². The van der Waals surface area contributed by atoms with Crippen molar-refractivity contribution >= 4 is 5.97 Å². The maximum Gasteiger partial charge on any atom is 0.387 e. The van der Waals surface area contributed by atoms with Crippen LogP contribution >= 0.6 is 0 Å². The molecule has 0 bridgehead atoms. The van der Waals surface area contributed by atoms with Crippen LogP contribution in [-0.4, -0.2) is 19.2 Å². The lowest BCUT2D eigenvalue weighted by molar-refractivity contribution is -0.142. The average molecular weight is 273 g/mol. The molecule has 0 atom stereocenters. The Labute approximate surface area is 107 Å². The largest absolute Gasteiger partial charge is 0.466 e. The second-order valence-corrected chi connectivity index (χ2v) is 3.38. The van der Waals surface area contributed by atoms with Crippen molar-refractivity contribution in [3.8, 4) is 11.8 Å². The summed E-state index contributed by atoms with van der Waals surface area (Å²) in [5, 5.41) is 8.82. The van der Waals surface area contributed by atoms with Gasteiger partial charge in [0.25, 0.3) is 0 Å². The molecule has 0 aromatic heterocycles. The van der Waals surface area contributed by atoms with E-state index in [2.05, 4.69) is 9.47 Å². The van der Waals surface area contributed by atoms with Crippen molar-refractivity contribution in [2.24, 2.45) is 0 Å². The van der Waals surface area contributed by atoms with E-state index in [1.165, 1.54) is 12.1 Å². The Hall–Kier alpha value is -2.23. The predicted octanol–water partition coefficient (Wildman–Crippen LogP) is 2.40. The van der Waals surface area contributed by atoms with Crippen LogP contribution in [-0.2, 0) is 16.0 Å². The van der Waals surface area contributed by atoms with Gasteiger partial charge in [-0.1, -0.05) is 6.07 Å². The number of nitrogens with zero attached hydrogens (tertiary/aromatic N) is 1. The van der Waals surface area contributed by atoms with E-state index in [4.69, 9.17) is 5.26 Å². The maximum atomic E-state index is 13.7. The van der Waals surface area contributed by atoms with Gasteiger partial charge in [0, 0.05) is 0 Å². The molecule has 0 saturated carbocycles. The number of hydrogen-bond acceptors (Lipinski definition) is 4. The first-order valence-electron chi connectivity index (χ1n) is 5.31. The van der Waals surface area contributed by atoms with E-state index in [1.54, 1.807) is 6.92 Å². The van der Waals surface area contributed by atoms with Crippen LogP contribution in [0.2, 0.25) is 0 Å². The number of rotatable bonds is 5. The van der Waals surface area contributed by atoms with Crippen molar-refractivity contribution < 1.29 is 27.4 Å². The van der Waals surface area contributed by atoms with Gasteiger partial charge < -0.3 is 9.47 Å². The Morgan fingerprint density at radius 1 is 1.47 bits per heavy atom. The molecule has 0 aliphatic heterocycles. The van der Waals surface area contributed by atoms with E-state index >= 15 is 0 Å². The van der Waals surface area contributed by atoms with Gasteiger partial charge in [-0.15, -0.1) is 0 Å². The number of carbonyl (C=O) groups excluding carboxylic acids is 1. The molecule has 0 fully saturated rings. The second-order valence-electron chi connectivity index (χ2n) is 3.38. The Bertz CT molecular complexity index is 512. The van der Waals surface area contributed by atoms with Crippen molar-refractivity contribution in [1.29, 1.82) is 5.26 Å². The summed E-state index contributed by atoms with van der Waals surface area (Å²) >= 11 is 0. The van der Waals surface area contributed by atoms with Crippen molar-refractivity contribution in [3.63, 3.8) is 0 Å². The highest BCUT2D eigenvalue weighted by molar-refractivity contribution is 5.73. The molecule has 0 radical (unpaired) electrons. The number of alkyl halides is 2. The first kappa shape index (κ1) is 14.8. The Balaban J connectivity index is 3.05. The molecule has 1 rings (SSSR count). The summed E-state index contributed by atoms with van der Waals surface area (Å²) in [5.41, 5.74) is -0.453. The lowest BCUT2D eigenvalue weighted by Gasteiger charge is -2.09. The maximum absolute atomic E-state index is 13.7. The van der Waals surface area contributed by atoms with E-state index in [0.29, 0.717) is 0 Å². The molecule has 0 saturated heterocycles. The zero-order chi connectivity index (χ0) is 14.4. The van der Waals surface area contributed by atoms with E-state index in [1.807, 2.05) is 0 Å². The summed E-state index contributed by atoms with van der Waals surface area (Å²) in [7, 11) is 0. The summed E-state index contributed by atoms with van der Waals surface area (Å²) in [6, 6.07) is 3.64. The standard InChI is InChI=1S/C12H10F3NO3/c1-2-18-10(17)5-7-3-4-9(19-12(14)15)11(13)8(7)6-16/h3-4,12H,2,5H2,1H3. The fourth-order valence-electron chi connectivity index (χ4n) is 1.42. The number of ether oxygens (including phenoxy) is 2. The molecular formula is C12H10F3NO3. The highest BCUT2D eigenvalue weighted by atomic mass is 19.3. The monoisotopic (exact) mass is 273 g/mol. The molecule has 0 spiro atoms. The molecule has 1 aromatic carbocycles. The Kier molecular flexibility index (Phi) is 5.18. The first-order valence-corrected chi connectivity index (χ1v) is 5.31. The fourth-order valence-corrected chi connectivity index (χ4v) is 1.42. The molecule has 0 amide bonds. The second kappa shape index (κ2) is 6.64. The van der Waals surface area contributed by atoms with Crippen LogP contribution in [0.25, 0.3) is 0 Å². The molecule has 0 heterocycles. The molecule has 1 aromatic rings. The lowest BCUT2D eigenvalue weighted by atomic mass is 10.0. The third-order valence-electron chi connectivity index (χ3n) is 2.16. The Morgan fingerprint density at radius 3 is 2.68 bits per heavy atom. The topological polar surface area (TPSA) is 59.3 Å². The zero-order valence-corrected chi connectivity index (χ0v) is 9.95. The normalized spacial score (nSPS) is 10.1. The molecule has 19 heavy (non-hydrogen) atoms. The van der Waals surface area contributed by atoms with Crippen LogP contribution in [0, 0.1) is 17.1 Å². The fraction of sp³-hybridized carbons (Fsp3) is 0.333. The molecule has 102 valence electrons. The first-order chi connectivity index (χ1) is 8.99. The summed E-state index contributed by atoms with van der Waals surface area (Å²) in [5.74, 6) is -2.59. The zero-order valence-electron chi connectivity index (χ0n) is 9.95. The van der Waals surface area contributed by atoms with Gasteiger partial charge in [-0.3, -0.25) is 4.79 Å². The molecule has 0 aliphatic rings. The number of nitriles is 1. The van der Waals surface area contributed by atoms with Gasteiger partial charge in [-0.05, 0) is 18.6 Å². The van der Waals surface area contributed by atoms with E-state index in [0.717, 1.165) is 6.07 Å². The summed E-state index contributed by atoms with van der Waals surface area (Å²) in [4.78, 5) is 11.2. The third-order valence-corrected chi connectivity index (χ3v) is 2.16. The van der Waals surface area contributed by atoms with Gasteiger partial charge in [0.2, 0.25) is 0 Å². The van der Waals surface area contributed by atoms with Crippen LogP contribution in [0.1, 0.15) is 18.1 Å². The van der Waals surface area contributed by atoms with Gasteiger partial charge in [0.05, 0.1) is 18.6 Å². The molecular weight excluding hydrogens is 263 g/mol. The molecule has 0 N–H and O–H groups in total. The van der Waals surface area contributed by atoms with Gasteiger partial charge in [-0.2, -0.15) is 14.0 Å². The lowest BCUT2D eigenvalue weighted by Crippen LogP contribution is -2.11. The smallest absolute Gasteiger partial charge is 0.387 e. The van der Waals surface area contributed by atoms with Gasteiger partial charge >= 0.3 is 12.6 Å². The molecule has 4 nitrogen and oxygen atoms in total. The SMILES string of the molecule is CCOC(=O)Cc1ccc(OC(F)F)c(F)c1C#N. The highest BCUT2D eigenvalue weighted by Crippen LogP contribution is 2.25. The number of halogens is 3. The number of benzene rings is 1. The third kappa shape index (κ3) is 3.88. The van der Waals surface area contributed by atoms with Gasteiger partial charge in [0.1, 0.15) is 6.07 Å². The van der Waals surface area contributed by atoms with E-state index in [9.17, 15) is 18.0 Å². The van der Waals surface area contributed by atoms with E-state index in [-0.39, 0.29) is 18.6 Å². The molecule has 0 aliphatic carbocycles. The summed E-state index contributed by atoms with van der Waals surface area (Å²) in [6.45, 7) is -1.45. The average Bonchev–Trinajstić information content (AvgIpc) is 2.33. The minimum Gasteiger partial charge on any atom is -0.466 e. The van der Waals surface area contributed by atoms with Crippen molar-refractivity contribution in [3.05, 3.63) is 29.1 Å². The predicted molar refractivity (Wildman–Crippen MR) is 58.1 cm³/mol. The highest BCUT2D eigenvalue weighted by Gasteiger charge is 2.18. The minimum absolute atomic E-state index is 0.0556. The van der Waals surface area contributed by atoms with Crippen LogP contribution in [0.4, 0.5) is 13.2 Å². The quantitative estimate of drug-likeness (QED) is 0.773. The summed E-state index contributed by atoms with van der Waals surface area (Å²) in [6.07, 6.45) is -0.317.